The fraction of sp³-hybridized carbons (Fsp3) is 0.125. The van der Waals surface area contributed by atoms with E-state index in [4.69, 9.17) is 0 Å². The molecule has 4 aromatic carbocycles. The molecule has 0 bridgehead atoms. The highest BCUT2D eigenvalue weighted by Crippen LogP contribution is 2.39. The SMILES string of the molecule is O=C1Nc2ccccc2N(C(=O)N2CCN(C(=O)N(c3ccccc3)c3ccccc3)C[C@H]2C(=O)O)c2ccccc21. The molecule has 1 atom stereocenters. The number of hydrogen-bond acceptors (Lipinski definition) is 4. The lowest BCUT2D eigenvalue weighted by Gasteiger charge is -2.42. The standard InChI is InChI=1S/C32H27N5O5/c38-29-24-15-7-9-17-26(24)37(27-18-10-8-16-25(27)33-29)32(42)35-20-19-34(21-28(35)30(39)40)31(41)36(22-11-3-1-4-12-22)23-13-5-2-6-14-23/h1-18,28H,19-21H2,(H,33,38)(H,39,40)/t28-/m0/s1. The third-order valence-corrected chi connectivity index (χ3v) is 7.38. The summed E-state index contributed by atoms with van der Waals surface area (Å²) in [5, 5.41) is 13.1. The van der Waals surface area contributed by atoms with E-state index in [1.54, 1.807) is 48.5 Å². The van der Waals surface area contributed by atoms with Crippen LogP contribution >= 0.6 is 0 Å². The van der Waals surface area contributed by atoms with Crippen molar-refractivity contribution in [3.63, 3.8) is 0 Å². The van der Waals surface area contributed by atoms with E-state index in [0.29, 0.717) is 28.4 Å². The maximum Gasteiger partial charge on any atom is 0.330 e. The van der Waals surface area contributed by atoms with Crippen LogP contribution in [-0.2, 0) is 4.79 Å². The third-order valence-electron chi connectivity index (χ3n) is 7.38. The number of hydrogen-bond donors (Lipinski definition) is 2. The van der Waals surface area contributed by atoms with Crippen LogP contribution < -0.4 is 15.1 Å². The van der Waals surface area contributed by atoms with Crippen LogP contribution in [0.25, 0.3) is 0 Å². The van der Waals surface area contributed by atoms with Gasteiger partial charge in [0.05, 0.1) is 40.5 Å². The average molecular weight is 562 g/mol. The maximum atomic E-state index is 14.2. The molecule has 0 aliphatic carbocycles. The summed E-state index contributed by atoms with van der Waals surface area (Å²) in [7, 11) is 0. The fourth-order valence-electron chi connectivity index (χ4n) is 5.35. The number of nitrogens with zero attached hydrogens (tertiary/aromatic N) is 4. The summed E-state index contributed by atoms with van der Waals surface area (Å²) in [6.45, 7) is -0.135. The van der Waals surface area contributed by atoms with Crippen molar-refractivity contribution < 1.29 is 24.3 Å². The van der Waals surface area contributed by atoms with Crippen LogP contribution in [0.15, 0.2) is 109 Å². The molecule has 10 nitrogen and oxygen atoms in total. The Morgan fingerprint density at radius 3 is 1.95 bits per heavy atom. The molecule has 2 heterocycles. The number of piperazine rings is 1. The first kappa shape index (κ1) is 26.6. The molecule has 0 unspecified atom stereocenters. The van der Waals surface area contributed by atoms with Crippen molar-refractivity contribution in [2.24, 2.45) is 0 Å². The molecule has 42 heavy (non-hydrogen) atoms. The lowest BCUT2D eigenvalue weighted by Crippen LogP contribution is -2.62. The average Bonchev–Trinajstić information content (AvgIpc) is 3.15. The number of amides is 5. The first-order chi connectivity index (χ1) is 20.4. The number of benzene rings is 4. The van der Waals surface area contributed by atoms with E-state index in [0.717, 1.165) is 0 Å². The Morgan fingerprint density at radius 1 is 0.738 bits per heavy atom. The Labute approximate surface area is 242 Å². The fourth-order valence-corrected chi connectivity index (χ4v) is 5.35. The van der Waals surface area contributed by atoms with Crippen molar-refractivity contribution >= 4 is 52.4 Å². The summed E-state index contributed by atoms with van der Waals surface area (Å²) >= 11 is 0. The normalized spacial score (nSPS) is 16.0. The predicted octanol–water partition coefficient (Wildman–Crippen LogP) is 5.54. The summed E-state index contributed by atoms with van der Waals surface area (Å²) in [4.78, 5) is 59.4. The molecule has 1 saturated heterocycles. The third kappa shape index (κ3) is 4.79. The maximum absolute atomic E-state index is 14.2. The van der Waals surface area contributed by atoms with Gasteiger partial charge in [-0.25, -0.2) is 14.4 Å². The van der Waals surface area contributed by atoms with E-state index in [1.165, 1.54) is 19.6 Å². The lowest BCUT2D eigenvalue weighted by molar-refractivity contribution is -0.143. The van der Waals surface area contributed by atoms with Crippen molar-refractivity contribution in [3.8, 4) is 0 Å². The molecule has 0 saturated carbocycles. The number of carboxylic acid groups (broad SMARTS) is 1. The quantitative estimate of drug-likeness (QED) is 0.341. The number of nitrogens with one attached hydrogen (secondary N) is 1. The van der Waals surface area contributed by atoms with Crippen LogP contribution in [0.3, 0.4) is 0 Å². The minimum atomic E-state index is -1.32. The zero-order valence-electron chi connectivity index (χ0n) is 22.5. The number of urea groups is 2. The van der Waals surface area contributed by atoms with Gasteiger partial charge in [0.15, 0.2) is 0 Å². The molecule has 1 fully saturated rings. The molecule has 0 aromatic heterocycles. The summed E-state index contributed by atoms with van der Waals surface area (Å²) in [6, 6.07) is 29.5. The van der Waals surface area contributed by atoms with Gasteiger partial charge in [0, 0.05) is 13.1 Å². The predicted molar refractivity (Wildman–Crippen MR) is 158 cm³/mol. The first-order valence-electron chi connectivity index (χ1n) is 13.5. The summed E-state index contributed by atoms with van der Waals surface area (Å²) in [6.07, 6.45) is 0. The Balaban J connectivity index is 1.33. The molecule has 10 heteroatoms. The Bertz CT molecular complexity index is 1620. The van der Waals surface area contributed by atoms with Crippen LogP contribution in [0.5, 0.6) is 0 Å². The van der Waals surface area contributed by atoms with Crippen molar-refractivity contribution in [1.29, 1.82) is 0 Å². The zero-order chi connectivity index (χ0) is 29.2. The van der Waals surface area contributed by atoms with Gasteiger partial charge in [0.25, 0.3) is 5.91 Å². The van der Waals surface area contributed by atoms with Gasteiger partial charge in [-0.1, -0.05) is 60.7 Å². The zero-order valence-corrected chi connectivity index (χ0v) is 22.5. The first-order valence-corrected chi connectivity index (χ1v) is 13.5. The highest BCUT2D eigenvalue weighted by atomic mass is 16.4. The number of para-hydroxylation sites is 5. The Kier molecular flexibility index (Phi) is 7.02. The molecule has 210 valence electrons. The number of carboxylic acids is 1. The highest BCUT2D eigenvalue weighted by Gasteiger charge is 2.42. The Hall–Kier alpha value is -5.64. The largest absolute Gasteiger partial charge is 0.480 e. The number of fused-ring (bicyclic) bond motifs is 2. The van der Waals surface area contributed by atoms with Gasteiger partial charge >= 0.3 is 18.0 Å². The van der Waals surface area contributed by atoms with Crippen molar-refractivity contribution in [2.45, 2.75) is 6.04 Å². The van der Waals surface area contributed by atoms with Gasteiger partial charge < -0.3 is 20.2 Å². The minimum Gasteiger partial charge on any atom is -0.480 e. The van der Waals surface area contributed by atoms with E-state index >= 15 is 0 Å². The molecule has 4 aromatic rings. The molecule has 6 rings (SSSR count). The van der Waals surface area contributed by atoms with E-state index in [2.05, 4.69) is 5.32 Å². The van der Waals surface area contributed by atoms with E-state index in [-0.39, 0.29) is 31.1 Å². The van der Waals surface area contributed by atoms with Gasteiger partial charge in [-0.15, -0.1) is 0 Å². The van der Waals surface area contributed by atoms with Gasteiger partial charge in [0.1, 0.15) is 6.04 Å². The topological polar surface area (TPSA) is 114 Å². The molecule has 2 aliphatic heterocycles. The van der Waals surface area contributed by atoms with Gasteiger partial charge in [-0.05, 0) is 48.5 Å². The van der Waals surface area contributed by atoms with Gasteiger partial charge in [-0.2, -0.15) is 0 Å². The van der Waals surface area contributed by atoms with E-state index in [1.807, 2.05) is 60.7 Å². The van der Waals surface area contributed by atoms with E-state index in [9.17, 15) is 24.3 Å². The number of anilines is 5. The van der Waals surface area contributed by atoms with Crippen molar-refractivity contribution in [1.82, 2.24) is 9.80 Å². The van der Waals surface area contributed by atoms with Crippen molar-refractivity contribution in [3.05, 3.63) is 115 Å². The lowest BCUT2D eigenvalue weighted by atomic mass is 10.1. The molecule has 0 radical (unpaired) electrons. The molecule has 2 N–H and O–H groups in total. The Morgan fingerprint density at radius 2 is 1.31 bits per heavy atom. The van der Waals surface area contributed by atoms with E-state index < -0.39 is 24.1 Å². The number of rotatable bonds is 3. The molecular formula is C32H27N5O5. The minimum absolute atomic E-state index is 0.0266. The molecule has 2 aliphatic rings. The monoisotopic (exact) mass is 561 g/mol. The van der Waals surface area contributed by atoms with Gasteiger partial charge in [0.2, 0.25) is 0 Å². The second-order valence-corrected chi connectivity index (χ2v) is 9.89. The van der Waals surface area contributed by atoms with Crippen LogP contribution in [0, 0.1) is 0 Å². The van der Waals surface area contributed by atoms with Gasteiger partial charge in [-0.3, -0.25) is 14.6 Å². The summed E-state index contributed by atoms with van der Waals surface area (Å²) in [5.41, 5.74) is 2.73. The van der Waals surface area contributed by atoms with Crippen LogP contribution in [0.4, 0.5) is 38.0 Å². The molecular weight excluding hydrogens is 534 g/mol. The second-order valence-electron chi connectivity index (χ2n) is 9.89. The number of aliphatic carboxylic acids is 1. The molecule has 0 spiro atoms. The van der Waals surface area contributed by atoms with Crippen LogP contribution in [-0.4, -0.2) is 64.5 Å². The molecule has 5 amide bonds. The smallest absolute Gasteiger partial charge is 0.330 e. The summed E-state index contributed by atoms with van der Waals surface area (Å²) in [5.74, 6) is -1.61. The highest BCUT2D eigenvalue weighted by molar-refractivity contribution is 6.17. The van der Waals surface area contributed by atoms with Crippen LogP contribution in [0.1, 0.15) is 10.4 Å². The van der Waals surface area contributed by atoms with Crippen molar-refractivity contribution in [2.75, 3.05) is 34.8 Å². The summed E-state index contributed by atoms with van der Waals surface area (Å²) < 4.78 is 0. The van der Waals surface area contributed by atoms with Crippen LogP contribution in [0.2, 0.25) is 0 Å². The second kappa shape index (κ2) is 11.1. The number of carbonyl (C=O) groups is 4. The number of carbonyl (C=O) groups excluding carboxylic acids is 3.